The first kappa shape index (κ1) is 12.2. The fourth-order valence-electron chi connectivity index (χ4n) is 2.07. The van der Waals surface area contributed by atoms with E-state index in [1.165, 1.54) is 5.56 Å². The molecule has 86 valence electrons. The molecule has 0 amide bonds. The van der Waals surface area contributed by atoms with Gasteiger partial charge in [0.25, 0.3) is 0 Å². The predicted octanol–water partition coefficient (Wildman–Crippen LogP) is 3.13. The Bertz CT molecular complexity index is 283. The number of rotatable bonds is 5. The van der Waals surface area contributed by atoms with Crippen LogP contribution < -0.4 is 5.32 Å². The molecule has 0 aliphatic rings. The summed E-state index contributed by atoms with van der Waals surface area (Å²) >= 11 is 0. The van der Waals surface area contributed by atoms with E-state index in [2.05, 4.69) is 31.2 Å². The van der Waals surface area contributed by atoms with E-state index in [9.17, 15) is 0 Å². The second kappa shape index (κ2) is 5.31. The lowest BCUT2D eigenvalue weighted by Crippen LogP contribution is -2.30. The smallest absolute Gasteiger partial charge is 0.138 e. The summed E-state index contributed by atoms with van der Waals surface area (Å²) in [7, 11) is 0. The molecule has 1 heterocycles. The molecule has 1 aromatic heterocycles. The number of nitrogens with one attached hydrogen (secondary N) is 1. The Balaban J connectivity index is 2.72. The largest absolute Gasteiger partial charge is 0.361 e. The average Bonchev–Trinajstić information content (AvgIpc) is 2.55. The molecular weight excluding hydrogens is 188 g/mol. The van der Waals surface area contributed by atoms with Crippen LogP contribution in [0.4, 0.5) is 0 Å². The Morgan fingerprint density at radius 2 is 1.87 bits per heavy atom. The van der Waals surface area contributed by atoms with Gasteiger partial charge in [-0.2, -0.15) is 0 Å². The van der Waals surface area contributed by atoms with E-state index in [0.29, 0.717) is 12.1 Å². The maximum absolute atomic E-state index is 5.18. The standard InChI is InChI=1S/C12H22N2O/c1-6-11(7-2)13-8(3)12-9(4)14-15-10(12)5/h8,11,13H,6-7H2,1-5H3. The molecule has 3 heteroatoms. The van der Waals surface area contributed by atoms with E-state index >= 15 is 0 Å². The Hall–Kier alpha value is -0.830. The van der Waals surface area contributed by atoms with Crippen molar-refractivity contribution >= 4 is 0 Å². The molecule has 0 aliphatic carbocycles. The molecule has 1 rings (SSSR count). The minimum atomic E-state index is 0.321. The van der Waals surface area contributed by atoms with Crippen LogP contribution in [0.1, 0.15) is 56.7 Å². The second-order valence-corrected chi connectivity index (χ2v) is 4.14. The highest BCUT2D eigenvalue weighted by Crippen LogP contribution is 2.21. The van der Waals surface area contributed by atoms with Gasteiger partial charge in [0.05, 0.1) is 5.69 Å². The molecule has 0 saturated carbocycles. The molecule has 15 heavy (non-hydrogen) atoms. The van der Waals surface area contributed by atoms with Crippen LogP contribution in [0.25, 0.3) is 0 Å². The lowest BCUT2D eigenvalue weighted by atomic mass is 10.0. The first-order valence-electron chi connectivity index (χ1n) is 5.78. The average molecular weight is 210 g/mol. The van der Waals surface area contributed by atoms with Crippen molar-refractivity contribution in [3.63, 3.8) is 0 Å². The highest BCUT2D eigenvalue weighted by Gasteiger charge is 2.17. The van der Waals surface area contributed by atoms with Crippen LogP contribution in [0.15, 0.2) is 4.52 Å². The molecule has 1 aromatic rings. The monoisotopic (exact) mass is 210 g/mol. The van der Waals surface area contributed by atoms with Gasteiger partial charge in [-0.05, 0) is 33.6 Å². The third kappa shape index (κ3) is 2.81. The summed E-state index contributed by atoms with van der Waals surface area (Å²) < 4.78 is 5.18. The fourth-order valence-corrected chi connectivity index (χ4v) is 2.07. The van der Waals surface area contributed by atoms with Gasteiger partial charge in [0, 0.05) is 17.6 Å². The van der Waals surface area contributed by atoms with Crippen molar-refractivity contribution in [3.05, 3.63) is 17.0 Å². The Morgan fingerprint density at radius 3 is 2.27 bits per heavy atom. The van der Waals surface area contributed by atoms with Gasteiger partial charge in [-0.1, -0.05) is 19.0 Å². The molecule has 0 aliphatic heterocycles. The zero-order valence-corrected chi connectivity index (χ0v) is 10.4. The molecule has 0 bridgehead atoms. The maximum Gasteiger partial charge on any atom is 0.138 e. The lowest BCUT2D eigenvalue weighted by Gasteiger charge is -2.20. The van der Waals surface area contributed by atoms with Crippen molar-refractivity contribution < 1.29 is 4.52 Å². The first-order chi connectivity index (χ1) is 7.10. The highest BCUT2D eigenvalue weighted by molar-refractivity contribution is 5.24. The van der Waals surface area contributed by atoms with Gasteiger partial charge in [0.2, 0.25) is 0 Å². The van der Waals surface area contributed by atoms with Crippen LogP contribution in [-0.2, 0) is 0 Å². The Kier molecular flexibility index (Phi) is 4.33. The van der Waals surface area contributed by atoms with Crippen LogP contribution in [0, 0.1) is 13.8 Å². The maximum atomic E-state index is 5.18. The van der Waals surface area contributed by atoms with Crippen LogP contribution in [-0.4, -0.2) is 11.2 Å². The van der Waals surface area contributed by atoms with Crippen LogP contribution in [0.3, 0.4) is 0 Å². The number of hydrogen-bond donors (Lipinski definition) is 1. The van der Waals surface area contributed by atoms with Crippen molar-refractivity contribution in [2.45, 2.75) is 59.5 Å². The summed E-state index contributed by atoms with van der Waals surface area (Å²) in [5.74, 6) is 0.929. The van der Waals surface area contributed by atoms with Gasteiger partial charge >= 0.3 is 0 Å². The minimum absolute atomic E-state index is 0.321. The van der Waals surface area contributed by atoms with Crippen molar-refractivity contribution in [2.75, 3.05) is 0 Å². The van der Waals surface area contributed by atoms with E-state index in [1.807, 2.05) is 13.8 Å². The first-order valence-corrected chi connectivity index (χ1v) is 5.78. The lowest BCUT2D eigenvalue weighted by molar-refractivity contribution is 0.387. The van der Waals surface area contributed by atoms with E-state index in [0.717, 1.165) is 24.3 Å². The van der Waals surface area contributed by atoms with Gasteiger partial charge in [0.15, 0.2) is 0 Å². The summed E-state index contributed by atoms with van der Waals surface area (Å²) in [6, 6.07) is 0.898. The van der Waals surface area contributed by atoms with E-state index in [1.54, 1.807) is 0 Å². The summed E-state index contributed by atoms with van der Waals surface area (Å²) in [6.45, 7) is 10.6. The van der Waals surface area contributed by atoms with Crippen molar-refractivity contribution in [1.29, 1.82) is 0 Å². The molecule has 0 fully saturated rings. The number of nitrogens with zero attached hydrogens (tertiary/aromatic N) is 1. The fraction of sp³-hybridized carbons (Fsp3) is 0.750. The van der Waals surface area contributed by atoms with E-state index < -0.39 is 0 Å². The normalized spacial score (nSPS) is 13.5. The SMILES string of the molecule is CCC(CC)NC(C)c1c(C)noc1C. The quantitative estimate of drug-likeness (QED) is 0.811. The van der Waals surface area contributed by atoms with Crippen molar-refractivity contribution in [3.8, 4) is 0 Å². The molecule has 3 nitrogen and oxygen atoms in total. The van der Waals surface area contributed by atoms with Gasteiger partial charge < -0.3 is 9.84 Å². The number of aryl methyl sites for hydroxylation is 2. The highest BCUT2D eigenvalue weighted by atomic mass is 16.5. The van der Waals surface area contributed by atoms with Crippen LogP contribution in [0.5, 0.6) is 0 Å². The molecule has 1 atom stereocenters. The topological polar surface area (TPSA) is 38.1 Å². The molecule has 0 saturated heterocycles. The summed E-state index contributed by atoms with van der Waals surface area (Å²) in [5.41, 5.74) is 2.21. The molecule has 1 unspecified atom stereocenters. The molecule has 0 radical (unpaired) electrons. The molecule has 1 N–H and O–H groups in total. The summed E-state index contributed by atoms with van der Waals surface area (Å²) in [4.78, 5) is 0. The zero-order valence-electron chi connectivity index (χ0n) is 10.4. The minimum Gasteiger partial charge on any atom is -0.361 e. The van der Waals surface area contributed by atoms with Gasteiger partial charge in [0.1, 0.15) is 5.76 Å². The van der Waals surface area contributed by atoms with Gasteiger partial charge in [-0.15, -0.1) is 0 Å². The van der Waals surface area contributed by atoms with E-state index in [-0.39, 0.29) is 0 Å². The molecule has 0 aromatic carbocycles. The summed E-state index contributed by atoms with van der Waals surface area (Å²) in [5, 5.41) is 7.58. The Morgan fingerprint density at radius 1 is 1.27 bits per heavy atom. The van der Waals surface area contributed by atoms with Crippen LogP contribution >= 0.6 is 0 Å². The summed E-state index contributed by atoms with van der Waals surface area (Å²) in [6.07, 6.45) is 2.31. The second-order valence-electron chi connectivity index (χ2n) is 4.14. The van der Waals surface area contributed by atoms with Crippen molar-refractivity contribution in [1.82, 2.24) is 10.5 Å². The Labute approximate surface area is 92.2 Å². The third-order valence-electron chi connectivity index (χ3n) is 2.99. The number of aromatic nitrogens is 1. The van der Waals surface area contributed by atoms with Gasteiger partial charge in [-0.3, -0.25) is 0 Å². The van der Waals surface area contributed by atoms with Crippen LogP contribution in [0.2, 0.25) is 0 Å². The third-order valence-corrected chi connectivity index (χ3v) is 2.99. The van der Waals surface area contributed by atoms with Crippen molar-refractivity contribution in [2.24, 2.45) is 0 Å². The molecule has 0 spiro atoms. The zero-order chi connectivity index (χ0) is 11.4. The number of hydrogen-bond acceptors (Lipinski definition) is 3. The predicted molar refractivity (Wildman–Crippen MR) is 61.9 cm³/mol. The molecular formula is C12H22N2O. The van der Waals surface area contributed by atoms with Gasteiger partial charge in [-0.25, -0.2) is 0 Å². The van der Waals surface area contributed by atoms with E-state index in [4.69, 9.17) is 4.52 Å².